The number of carbonyl (C=O) groups is 2. The predicted molar refractivity (Wildman–Crippen MR) is 145 cm³/mol. The summed E-state index contributed by atoms with van der Waals surface area (Å²) < 4.78 is 25.8. The van der Waals surface area contributed by atoms with Gasteiger partial charge in [-0.15, -0.1) is 11.3 Å². The predicted octanol–water partition coefficient (Wildman–Crippen LogP) is 3.36. The minimum Gasteiger partial charge on any atom is -0.351 e. The van der Waals surface area contributed by atoms with Gasteiger partial charge >= 0.3 is 0 Å². The lowest BCUT2D eigenvalue weighted by atomic mass is 9.84. The van der Waals surface area contributed by atoms with E-state index in [0.29, 0.717) is 22.9 Å². The summed E-state index contributed by atoms with van der Waals surface area (Å²) in [4.78, 5) is 37.2. The Hall–Kier alpha value is -2.47. The molecule has 3 atom stereocenters. The maximum absolute atomic E-state index is 13.2. The highest BCUT2D eigenvalue weighted by molar-refractivity contribution is 7.91. The van der Waals surface area contributed by atoms with E-state index in [4.69, 9.17) is 11.6 Å². The number of likely N-dealkylation sites (N-methyl/N-ethyl adjacent to an activating group) is 1. The fraction of sp³-hybridized carbons (Fsp3) is 0.480. The first-order valence-electron chi connectivity index (χ1n) is 12.3. The maximum atomic E-state index is 13.2. The number of sulfone groups is 1. The van der Waals surface area contributed by atoms with E-state index < -0.39 is 33.1 Å². The molecule has 2 aliphatic rings. The number of nitrogens with one attached hydrogen (secondary N) is 3. The third-order valence-corrected chi connectivity index (χ3v) is 9.91. The van der Waals surface area contributed by atoms with Gasteiger partial charge in [-0.25, -0.2) is 13.4 Å². The molecule has 0 saturated heterocycles. The zero-order valence-corrected chi connectivity index (χ0v) is 23.1. The van der Waals surface area contributed by atoms with Crippen LogP contribution in [0.5, 0.6) is 0 Å². The SMILES string of the molecule is CN1CCc2nc(C(=O)NC3CCCCC3C(NC(=O)c3cc4cc(Cl)ccc4[nH]3)S(C)(=O)=O)sc2C1. The zero-order valence-electron chi connectivity index (χ0n) is 20.7. The molecule has 0 spiro atoms. The quantitative estimate of drug-likeness (QED) is 0.422. The number of hydrogen-bond donors (Lipinski definition) is 3. The first-order chi connectivity index (χ1) is 17.6. The van der Waals surface area contributed by atoms with Gasteiger partial charge in [0.2, 0.25) is 0 Å². The molecule has 2 amide bonds. The molecule has 2 aromatic heterocycles. The molecular formula is C25H30ClN5O4S2. The standard InChI is InChI=1S/C25H30ClN5O4S2/c1-31-10-9-19-21(13-31)36-24(29-19)23(33)28-18-6-4-3-5-16(18)25(37(2,34)35)30-22(32)20-12-14-11-15(26)7-8-17(14)27-20/h7-8,11-12,16,18,25,27H,3-6,9-10,13H2,1-2H3,(H,28,33)(H,30,32). The Kier molecular flexibility index (Phi) is 7.32. The van der Waals surface area contributed by atoms with E-state index in [1.807, 2.05) is 7.05 Å². The van der Waals surface area contributed by atoms with Crippen molar-refractivity contribution in [3.8, 4) is 0 Å². The second-order valence-corrected chi connectivity index (χ2v) is 13.7. The monoisotopic (exact) mass is 563 g/mol. The summed E-state index contributed by atoms with van der Waals surface area (Å²) in [5, 5.41) is 6.37. The number of hydrogen-bond acceptors (Lipinski definition) is 7. The van der Waals surface area contributed by atoms with Crippen LogP contribution < -0.4 is 10.6 Å². The molecular weight excluding hydrogens is 534 g/mol. The molecule has 1 aliphatic carbocycles. The van der Waals surface area contributed by atoms with E-state index in [0.717, 1.165) is 60.1 Å². The Morgan fingerprint density at radius 1 is 1.22 bits per heavy atom. The number of H-pyrrole nitrogens is 1. The first-order valence-corrected chi connectivity index (χ1v) is 15.5. The lowest BCUT2D eigenvalue weighted by molar-refractivity contribution is 0.0882. The van der Waals surface area contributed by atoms with Crippen molar-refractivity contribution in [3.05, 3.63) is 50.6 Å². The Morgan fingerprint density at radius 3 is 2.78 bits per heavy atom. The van der Waals surface area contributed by atoms with Crippen molar-refractivity contribution >= 4 is 55.5 Å². The fourth-order valence-electron chi connectivity index (χ4n) is 5.32. The van der Waals surface area contributed by atoms with E-state index in [9.17, 15) is 18.0 Å². The molecule has 3 N–H and O–H groups in total. The number of aromatic amines is 1. The lowest BCUT2D eigenvalue weighted by Crippen LogP contribution is -2.54. The summed E-state index contributed by atoms with van der Waals surface area (Å²) in [6, 6.07) is 6.47. The van der Waals surface area contributed by atoms with Crippen LogP contribution in [0.1, 0.15) is 56.5 Å². The number of rotatable bonds is 6. The van der Waals surface area contributed by atoms with Gasteiger partial charge in [-0.1, -0.05) is 24.4 Å². The molecule has 3 aromatic rings. The molecule has 5 rings (SSSR count). The minimum atomic E-state index is -3.68. The van der Waals surface area contributed by atoms with Crippen molar-refractivity contribution in [1.29, 1.82) is 0 Å². The van der Waals surface area contributed by atoms with Crippen LogP contribution in [0.2, 0.25) is 5.02 Å². The number of benzene rings is 1. The highest BCUT2D eigenvalue weighted by Gasteiger charge is 2.40. The summed E-state index contributed by atoms with van der Waals surface area (Å²) in [6.07, 6.45) is 4.84. The highest BCUT2D eigenvalue weighted by Crippen LogP contribution is 2.31. The molecule has 1 aromatic carbocycles. The number of carbonyl (C=O) groups excluding carboxylic acids is 2. The highest BCUT2D eigenvalue weighted by atomic mass is 35.5. The van der Waals surface area contributed by atoms with Gasteiger partial charge in [-0.05, 0) is 44.2 Å². The third-order valence-electron chi connectivity index (χ3n) is 7.20. The van der Waals surface area contributed by atoms with Crippen molar-refractivity contribution in [2.75, 3.05) is 19.8 Å². The summed E-state index contributed by atoms with van der Waals surface area (Å²) in [7, 11) is -1.64. The lowest BCUT2D eigenvalue weighted by Gasteiger charge is -2.36. The Balaban J connectivity index is 1.35. The van der Waals surface area contributed by atoms with Gasteiger partial charge in [-0.2, -0.15) is 0 Å². The van der Waals surface area contributed by atoms with Gasteiger partial charge in [0.15, 0.2) is 14.8 Å². The van der Waals surface area contributed by atoms with E-state index in [1.165, 1.54) is 11.3 Å². The normalized spacial score (nSPS) is 21.4. The average molecular weight is 564 g/mol. The van der Waals surface area contributed by atoms with Crippen LogP contribution >= 0.6 is 22.9 Å². The van der Waals surface area contributed by atoms with Crippen LogP contribution in [0.4, 0.5) is 0 Å². The molecule has 12 heteroatoms. The fourth-order valence-corrected chi connectivity index (χ4v) is 7.87. The minimum absolute atomic E-state index is 0.251. The van der Waals surface area contributed by atoms with Crippen LogP contribution in [0, 0.1) is 5.92 Å². The summed E-state index contributed by atoms with van der Waals surface area (Å²) in [5.41, 5.74) is 1.94. The smallest absolute Gasteiger partial charge is 0.280 e. The van der Waals surface area contributed by atoms with Crippen LogP contribution in [0.25, 0.3) is 10.9 Å². The molecule has 0 bridgehead atoms. The van der Waals surface area contributed by atoms with Crippen LogP contribution in [-0.2, 0) is 22.8 Å². The number of thiazole rings is 1. The number of nitrogens with zero attached hydrogens (tertiary/aromatic N) is 2. The molecule has 1 saturated carbocycles. The van der Waals surface area contributed by atoms with E-state index >= 15 is 0 Å². The van der Waals surface area contributed by atoms with Crippen LogP contribution in [0.15, 0.2) is 24.3 Å². The Labute approximate surface area is 224 Å². The second kappa shape index (κ2) is 10.4. The van der Waals surface area contributed by atoms with Crippen molar-refractivity contribution in [3.63, 3.8) is 0 Å². The molecule has 198 valence electrons. The van der Waals surface area contributed by atoms with Gasteiger partial charge in [0, 0.05) is 58.5 Å². The maximum Gasteiger partial charge on any atom is 0.280 e. The summed E-state index contributed by atoms with van der Waals surface area (Å²) >= 11 is 7.45. The third kappa shape index (κ3) is 5.69. The van der Waals surface area contributed by atoms with Crippen molar-refractivity contribution in [1.82, 2.24) is 25.5 Å². The largest absolute Gasteiger partial charge is 0.351 e. The molecule has 37 heavy (non-hydrogen) atoms. The van der Waals surface area contributed by atoms with E-state index in [1.54, 1.807) is 24.3 Å². The van der Waals surface area contributed by atoms with Crippen molar-refractivity contribution < 1.29 is 18.0 Å². The van der Waals surface area contributed by atoms with Gasteiger partial charge in [0.25, 0.3) is 11.8 Å². The van der Waals surface area contributed by atoms with E-state index in [2.05, 4.69) is 25.5 Å². The van der Waals surface area contributed by atoms with Crippen LogP contribution in [-0.4, -0.2) is 66.4 Å². The summed E-state index contributed by atoms with van der Waals surface area (Å²) in [6.45, 7) is 1.68. The molecule has 3 heterocycles. The molecule has 0 radical (unpaired) electrons. The van der Waals surface area contributed by atoms with Crippen molar-refractivity contribution in [2.45, 2.75) is 50.1 Å². The topological polar surface area (TPSA) is 124 Å². The number of amides is 2. The Bertz CT molecular complexity index is 1450. The Morgan fingerprint density at radius 2 is 2.00 bits per heavy atom. The van der Waals surface area contributed by atoms with E-state index in [-0.39, 0.29) is 11.6 Å². The molecule has 9 nitrogen and oxygen atoms in total. The molecule has 1 aliphatic heterocycles. The van der Waals surface area contributed by atoms with Gasteiger partial charge < -0.3 is 20.5 Å². The van der Waals surface area contributed by atoms with Gasteiger partial charge in [0.1, 0.15) is 11.1 Å². The number of aromatic nitrogens is 2. The molecule has 3 unspecified atom stereocenters. The number of halogens is 1. The first kappa shape index (κ1) is 26.1. The average Bonchev–Trinajstić information content (AvgIpc) is 3.46. The summed E-state index contributed by atoms with van der Waals surface area (Å²) in [5.74, 6) is -1.27. The van der Waals surface area contributed by atoms with Gasteiger partial charge in [0.05, 0.1) is 5.69 Å². The zero-order chi connectivity index (χ0) is 26.3. The van der Waals surface area contributed by atoms with Gasteiger partial charge in [-0.3, -0.25) is 9.59 Å². The van der Waals surface area contributed by atoms with Crippen LogP contribution in [0.3, 0.4) is 0 Å². The van der Waals surface area contributed by atoms with Crippen molar-refractivity contribution in [2.24, 2.45) is 5.92 Å². The number of fused-ring (bicyclic) bond motifs is 2. The second-order valence-electron chi connectivity index (χ2n) is 10.0. The molecule has 1 fully saturated rings.